The van der Waals surface area contributed by atoms with Gasteiger partial charge in [0.05, 0.1) is 30.2 Å². The van der Waals surface area contributed by atoms with E-state index >= 15 is 0 Å². The van der Waals surface area contributed by atoms with Gasteiger partial charge in [0.1, 0.15) is 0 Å². The fourth-order valence-corrected chi connectivity index (χ4v) is 1.98. The second-order valence-electron chi connectivity index (χ2n) is 4.12. The molecule has 4 heteroatoms. The zero-order chi connectivity index (χ0) is 12.5. The van der Waals surface area contributed by atoms with E-state index in [4.69, 9.17) is 4.74 Å². The maximum absolute atomic E-state index is 5.14. The van der Waals surface area contributed by atoms with Crippen LogP contribution >= 0.6 is 0 Å². The Hall–Kier alpha value is -2.36. The molecule has 18 heavy (non-hydrogen) atoms. The molecule has 1 aromatic carbocycles. The first-order chi connectivity index (χ1) is 8.78. The zero-order valence-electron chi connectivity index (χ0n) is 10.3. The average Bonchev–Trinajstić information content (AvgIpc) is 2.80. The number of aromatic nitrogens is 3. The minimum absolute atomic E-state index is 0.619. The molecular weight excluding hydrogens is 226 g/mol. The number of hydrogen-bond donors (Lipinski definition) is 0. The first-order valence-electron chi connectivity index (χ1n) is 5.70. The van der Waals surface area contributed by atoms with E-state index in [9.17, 15) is 0 Å². The quantitative estimate of drug-likeness (QED) is 0.690. The molecule has 3 rings (SSSR count). The number of fused-ring (bicyclic) bond motifs is 1. The maximum Gasteiger partial charge on any atom is 0.213 e. The van der Waals surface area contributed by atoms with Gasteiger partial charge in [0.25, 0.3) is 0 Å². The van der Waals surface area contributed by atoms with Crippen LogP contribution in [0, 0.1) is 0 Å². The van der Waals surface area contributed by atoms with Gasteiger partial charge in [-0.3, -0.25) is 0 Å². The Kier molecular flexibility index (Phi) is 2.48. The van der Waals surface area contributed by atoms with Crippen molar-refractivity contribution in [2.24, 2.45) is 7.05 Å². The smallest absolute Gasteiger partial charge is 0.213 e. The van der Waals surface area contributed by atoms with Crippen LogP contribution in [0.3, 0.4) is 0 Å². The third kappa shape index (κ3) is 1.72. The lowest BCUT2D eigenvalue weighted by Gasteiger charge is -2.04. The molecule has 0 spiro atoms. The van der Waals surface area contributed by atoms with Gasteiger partial charge in [-0.05, 0) is 18.2 Å². The summed E-state index contributed by atoms with van der Waals surface area (Å²) in [7, 11) is 3.60. The molecule has 90 valence electrons. The van der Waals surface area contributed by atoms with E-state index < -0.39 is 0 Å². The standard InChI is InChI=1S/C14H13N3O/c1-17-9-15-12-8-10(6-7-13(12)17)11-4-3-5-14(16-11)18-2/h3-9H,1-2H3. The van der Waals surface area contributed by atoms with Gasteiger partial charge in [0.15, 0.2) is 0 Å². The Morgan fingerprint density at radius 2 is 2.06 bits per heavy atom. The molecule has 0 saturated carbocycles. The third-order valence-corrected chi connectivity index (χ3v) is 2.95. The Bertz CT molecular complexity index is 703. The number of imidazole rings is 1. The number of aryl methyl sites for hydroxylation is 1. The van der Waals surface area contributed by atoms with Crippen LogP contribution in [0.2, 0.25) is 0 Å². The Labute approximate surface area is 105 Å². The van der Waals surface area contributed by atoms with Gasteiger partial charge < -0.3 is 9.30 Å². The van der Waals surface area contributed by atoms with Crippen LogP contribution in [0.1, 0.15) is 0 Å². The van der Waals surface area contributed by atoms with Crippen molar-refractivity contribution in [2.45, 2.75) is 0 Å². The van der Waals surface area contributed by atoms with Crippen molar-refractivity contribution in [3.8, 4) is 17.1 Å². The van der Waals surface area contributed by atoms with E-state index in [2.05, 4.69) is 16.0 Å². The lowest BCUT2D eigenvalue weighted by atomic mass is 10.1. The predicted molar refractivity (Wildman–Crippen MR) is 70.5 cm³/mol. The van der Waals surface area contributed by atoms with Crippen LogP contribution < -0.4 is 4.74 Å². The first-order valence-corrected chi connectivity index (χ1v) is 5.70. The summed E-state index contributed by atoms with van der Waals surface area (Å²) in [6.45, 7) is 0. The molecule has 4 nitrogen and oxygen atoms in total. The molecule has 0 saturated heterocycles. The van der Waals surface area contributed by atoms with Crippen molar-refractivity contribution < 1.29 is 4.74 Å². The molecule has 0 aliphatic heterocycles. The van der Waals surface area contributed by atoms with Crippen LogP contribution in [0.4, 0.5) is 0 Å². The van der Waals surface area contributed by atoms with Crippen LogP contribution in [0.25, 0.3) is 22.3 Å². The SMILES string of the molecule is COc1cccc(-c2ccc3c(c2)ncn3C)n1. The molecule has 0 N–H and O–H groups in total. The summed E-state index contributed by atoms with van der Waals surface area (Å²) in [6, 6.07) is 11.9. The number of methoxy groups -OCH3 is 1. The number of benzene rings is 1. The molecule has 0 fully saturated rings. The molecule has 3 aromatic rings. The van der Waals surface area contributed by atoms with Gasteiger partial charge in [0, 0.05) is 18.7 Å². The van der Waals surface area contributed by atoms with Crippen molar-refractivity contribution in [2.75, 3.05) is 7.11 Å². The summed E-state index contributed by atoms with van der Waals surface area (Å²) >= 11 is 0. The zero-order valence-corrected chi connectivity index (χ0v) is 10.3. The van der Waals surface area contributed by atoms with Crippen LogP contribution in [-0.4, -0.2) is 21.6 Å². The van der Waals surface area contributed by atoms with E-state index in [-0.39, 0.29) is 0 Å². The second-order valence-corrected chi connectivity index (χ2v) is 4.12. The van der Waals surface area contributed by atoms with Crippen molar-refractivity contribution >= 4 is 11.0 Å². The summed E-state index contributed by atoms with van der Waals surface area (Å²) in [5, 5.41) is 0. The van der Waals surface area contributed by atoms with E-state index in [1.165, 1.54) is 0 Å². The van der Waals surface area contributed by atoms with Crippen molar-refractivity contribution in [3.63, 3.8) is 0 Å². The van der Waals surface area contributed by atoms with Crippen LogP contribution in [-0.2, 0) is 7.05 Å². The lowest BCUT2D eigenvalue weighted by Crippen LogP contribution is -1.90. The maximum atomic E-state index is 5.14. The van der Waals surface area contributed by atoms with Crippen molar-refractivity contribution in [1.29, 1.82) is 0 Å². The van der Waals surface area contributed by atoms with Gasteiger partial charge >= 0.3 is 0 Å². The summed E-state index contributed by atoms with van der Waals surface area (Å²) < 4.78 is 7.14. The van der Waals surface area contributed by atoms with Crippen molar-refractivity contribution in [1.82, 2.24) is 14.5 Å². The van der Waals surface area contributed by atoms with E-state index in [0.717, 1.165) is 22.3 Å². The molecule has 0 radical (unpaired) electrons. The largest absolute Gasteiger partial charge is 0.481 e. The number of nitrogens with zero attached hydrogens (tertiary/aromatic N) is 3. The topological polar surface area (TPSA) is 39.9 Å². The number of ether oxygens (including phenoxy) is 1. The van der Waals surface area contributed by atoms with Crippen LogP contribution in [0.15, 0.2) is 42.7 Å². The van der Waals surface area contributed by atoms with Gasteiger partial charge in [-0.25, -0.2) is 9.97 Å². The highest BCUT2D eigenvalue weighted by Crippen LogP contribution is 2.23. The lowest BCUT2D eigenvalue weighted by molar-refractivity contribution is 0.398. The van der Waals surface area contributed by atoms with E-state index in [1.54, 1.807) is 7.11 Å². The first kappa shape index (κ1) is 10.8. The summed E-state index contributed by atoms with van der Waals surface area (Å²) in [4.78, 5) is 8.77. The monoisotopic (exact) mass is 239 g/mol. The number of hydrogen-bond acceptors (Lipinski definition) is 3. The summed E-state index contributed by atoms with van der Waals surface area (Å²) in [5.41, 5.74) is 4.02. The minimum Gasteiger partial charge on any atom is -0.481 e. The average molecular weight is 239 g/mol. The summed E-state index contributed by atoms with van der Waals surface area (Å²) in [6.07, 6.45) is 1.81. The van der Waals surface area contributed by atoms with Crippen LogP contribution in [0.5, 0.6) is 5.88 Å². The van der Waals surface area contributed by atoms with Gasteiger partial charge in [-0.2, -0.15) is 0 Å². The normalized spacial score (nSPS) is 10.8. The van der Waals surface area contributed by atoms with E-state index in [1.807, 2.05) is 48.3 Å². The molecule has 0 aliphatic carbocycles. The third-order valence-electron chi connectivity index (χ3n) is 2.95. The second kappa shape index (κ2) is 4.14. The Morgan fingerprint density at radius 1 is 1.17 bits per heavy atom. The fourth-order valence-electron chi connectivity index (χ4n) is 1.98. The fraction of sp³-hybridized carbons (Fsp3) is 0.143. The minimum atomic E-state index is 0.619. The molecule has 0 bridgehead atoms. The van der Waals surface area contributed by atoms with Gasteiger partial charge in [0.2, 0.25) is 5.88 Å². The Morgan fingerprint density at radius 3 is 2.89 bits per heavy atom. The number of rotatable bonds is 2. The molecule has 0 aliphatic rings. The molecule has 0 atom stereocenters. The molecule has 2 aromatic heterocycles. The van der Waals surface area contributed by atoms with Crippen molar-refractivity contribution in [3.05, 3.63) is 42.7 Å². The number of pyridine rings is 1. The molecule has 0 unspecified atom stereocenters. The van der Waals surface area contributed by atoms with Gasteiger partial charge in [-0.1, -0.05) is 12.1 Å². The van der Waals surface area contributed by atoms with E-state index in [0.29, 0.717) is 5.88 Å². The Balaban J connectivity index is 2.13. The molecule has 0 amide bonds. The summed E-state index contributed by atoms with van der Waals surface area (Å²) in [5.74, 6) is 0.619. The highest BCUT2D eigenvalue weighted by molar-refractivity contribution is 5.81. The molecular formula is C14H13N3O. The van der Waals surface area contributed by atoms with Gasteiger partial charge in [-0.15, -0.1) is 0 Å². The molecule has 2 heterocycles. The predicted octanol–water partition coefficient (Wildman–Crippen LogP) is 2.64. The highest BCUT2D eigenvalue weighted by atomic mass is 16.5. The highest BCUT2D eigenvalue weighted by Gasteiger charge is 2.05.